The first kappa shape index (κ1) is 10.3. The van der Waals surface area contributed by atoms with Crippen molar-refractivity contribution in [2.24, 2.45) is 5.73 Å². The van der Waals surface area contributed by atoms with Crippen molar-refractivity contribution in [1.29, 1.82) is 0 Å². The molecule has 2 aromatic rings. The first-order chi connectivity index (χ1) is 7.15. The standard InChI is InChI=1S/C9H8N2O2S2/c10-8(13)4-14-9-11-6-2-1-5(12)3-7(6)15-9/h1-3,12H,4H2,(H2,10,13). The third-order valence-electron chi connectivity index (χ3n) is 1.69. The Kier molecular flexibility index (Phi) is 2.79. The molecule has 0 spiro atoms. The Hall–Kier alpha value is -1.27. The zero-order chi connectivity index (χ0) is 10.8. The molecule has 0 saturated heterocycles. The molecule has 6 heteroatoms. The maximum Gasteiger partial charge on any atom is 0.227 e. The molecule has 0 bridgehead atoms. The van der Waals surface area contributed by atoms with Gasteiger partial charge in [-0.15, -0.1) is 11.3 Å². The highest BCUT2D eigenvalue weighted by Gasteiger charge is 2.06. The molecule has 0 aliphatic heterocycles. The quantitative estimate of drug-likeness (QED) is 0.799. The Morgan fingerprint density at radius 1 is 1.60 bits per heavy atom. The van der Waals surface area contributed by atoms with Crippen molar-refractivity contribution in [3.05, 3.63) is 18.2 Å². The molecule has 2 rings (SSSR count). The molecule has 0 fully saturated rings. The zero-order valence-corrected chi connectivity index (χ0v) is 9.27. The van der Waals surface area contributed by atoms with Crippen LogP contribution in [0.1, 0.15) is 0 Å². The Bertz CT molecular complexity index is 510. The molecule has 1 aromatic heterocycles. The topological polar surface area (TPSA) is 76.2 Å². The van der Waals surface area contributed by atoms with Crippen molar-refractivity contribution in [1.82, 2.24) is 4.98 Å². The van der Waals surface area contributed by atoms with Gasteiger partial charge >= 0.3 is 0 Å². The van der Waals surface area contributed by atoms with Gasteiger partial charge in [0, 0.05) is 0 Å². The van der Waals surface area contributed by atoms with Crippen LogP contribution in [-0.2, 0) is 4.79 Å². The minimum absolute atomic E-state index is 0.220. The predicted molar refractivity (Wildman–Crippen MR) is 61.2 cm³/mol. The number of nitrogens with zero attached hydrogens (tertiary/aromatic N) is 1. The average Bonchev–Trinajstić information content (AvgIpc) is 2.56. The molecule has 0 unspecified atom stereocenters. The molecule has 0 aliphatic carbocycles. The van der Waals surface area contributed by atoms with Gasteiger partial charge in [-0.25, -0.2) is 4.98 Å². The maximum absolute atomic E-state index is 10.6. The number of amides is 1. The number of hydrogen-bond donors (Lipinski definition) is 2. The third kappa shape index (κ3) is 2.40. The Morgan fingerprint density at radius 3 is 3.13 bits per heavy atom. The van der Waals surface area contributed by atoms with Crippen LogP contribution in [0.5, 0.6) is 5.75 Å². The lowest BCUT2D eigenvalue weighted by atomic mass is 10.3. The smallest absolute Gasteiger partial charge is 0.227 e. The maximum atomic E-state index is 10.6. The molecule has 1 heterocycles. The van der Waals surface area contributed by atoms with E-state index in [1.54, 1.807) is 18.2 Å². The van der Waals surface area contributed by atoms with Gasteiger partial charge in [-0.2, -0.15) is 0 Å². The molecule has 0 radical (unpaired) electrons. The second-order valence-corrected chi connectivity index (χ2v) is 5.14. The van der Waals surface area contributed by atoms with Crippen molar-refractivity contribution in [2.45, 2.75) is 4.34 Å². The number of carbonyl (C=O) groups is 1. The van der Waals surface area contributed by atoms with E-state index in [0.717, 1.165) is 14.6 Å². The number of hydrogen-bond acceptors (Lipinski definition) is 5. The summed E-state index contributed by atoms with van der Waals surface area (Å²) in [5.41, 5.74) is 5.86. The van der Waals surface area contributed by atoms with Crippen molar-refractivity contribution in [3.63, 3.8) is 0 Å². The molecule has 0 aliphatic rings. The lowest BCUT2D eigenvalue weighted by molar-refractivity contribution is -0.115. The fraction of sp³-hybridized carbons (Fsp3) is 0.111. The fourth-order valence-corrected chi connectivity index (χ4v) is 2.93. The Morgan fingerprint density at radius 2 is 2.40 bits per heavy atom. The number of nitrogens with two attached hydrogens (primary N) is 1. The van der Waals surface area contributed by atoms with Gasteiger partial charge in [0.25, 0.3) is 0 Å². The number of benzene rings is 1. The number of thiazole rings is 1. The van der Waals surface area contributed by atoms with Crippen LogP contribution >= 0.6 is 23.1 Å². The molecule has 0 atom stereocenters. The minimum Gasteiger partial charge on any atom is -0.508 e. The van der Waals surface area contributed by atoms with E-state index >= 15 is 0 Å². The number of rotatable bonds is 3. The van der Waals surface area contributed by atoms with E-state index in [-0.39, 0.29) is 17.4 Å². The van der Waals surface area contributed by atoms with Gasteiger partial charge in [0.2, 0.25) is 5.91 Å². The van der Waals surface area contributed by atoms with Crippen LogP contribution in [0.2, 0.25) is 0 Å². The molecule has 4 nitrogen and oxygen atoms in total. The van der Waals surface area contributed by atoms with Gasteiger partial charge < -0.3 is 10.8 Å². The largest absolute Gasteiger partial charge is 0.508 e. The normalized spacial score (nSPS) is 10.7. The van der Waals surface area contributed by atoms with E-state index in [0.29, 0.717) is 0 Å². The van der Waals surface area contributed by atoms with Gasteiger partial charge in [-0.05, 0) is 18.2 Å². The second kappa shape index (κ2) is 4.08. The van der Waals surface area contributed by atoms with Crippen molar-refractivity contribution >= 4 is 39.2 Å². The van der Waals surface area contributed by atoms with E-state index in [4.69, 9.17) is 5.73 Å². The number of aromatic hydroxyl groups is 1. The van der Waals surface area contributed by atoms with Crippen molar-refractivity contribution in [3.8, 4) is 5.75 Å². The number of carbonyl (C=O) groups excluding carboxylic acids is 1. The number of thioether (sulfide) groups is 1. The van der Waals surface area contributed by atoms with Gasteiger partial charge in [0.1, 0.15) is 5.75 Å². The summed E-state index contributed by atoms with van der Waals surface area (Å²) in [6.07, 6.45) is 0. The van der Waals surface area contributed by atoms with Crippen LogP contribution < -0.4 is 5.73 Å². The van der Waals surface area contributed by atoms with Gasteiger partial charge in [-0.3, -0.25) is 4.79 Å². The van der Waals surface area contributed by atoms with Gasteiger partial charge in [-0.1, -0.05) is 11.8 Å². The summed E-state index contributed by atoms with van der Waals surface area (Å²) in [6, 6.07) is 4.99. The second-order valence-electron chi connectivity index (χ2n) is 2.89. The van der Waals surface area contributed by atoms with E-state index in [1.807, 2.05) is 0 Å². The van der Waals surface area contributed by atoms with Crippen molar-refractivity contribution in [2.75, 3.05) is 5.75 Å². The lowest BCUT2D eigenvalue weighted by Crippen LogP contribution is -2.12. The summed E-state index contributed by atoms with van der Waals surface area (Å²) in [6.45, 7) is 0. The van der Waals surface area contributed by atoms with Crippen molar-refractivity contribution < 1.29 is 9.90 Å². The number of aromatic nitrogens is 1. The molecular weight excluding hydrogens is 232 g/mol. The minimum atomic E-state index is -0.359. The lowest BCUT2D eigenvalue weighted by Gasteiger charge is -1.89. The molecule has 1 amide bonds. The molecular formula is C9H8N2O2S2. The van der Waals surface area contributed by atoms with E-state index in [2.05, 4.69) is 4.98 Å². The summed E-state index contributed by atoms with van der Waals surface area (Å²) in [4.78, 5) is 14.9. The molecule has 3 N–H and O–H groups in total. The van der Waals surface area contributed by atoms with E-state index in [9.17, 15) is 9.90 Å². The Labute approximate surface area is 94.1 Å². The molecule has 78 valence electrons. The fourth-order valence-electron chi connectivity index (χ4n) is 1.09. The monoisotopic (exact) mass is 240 g/mol. The SMILES string of the molecule is NC(=O)CSc1nc2ccc(O)cc2s1. The van der Waals surface area contributed by atoms with Gasteiger partial charge in [0.05, 0.1) is 16.0 Å². The molecule has 15 heavy (non-hydrogen) atoms. The molecule has 1 aromatic carbocycles. The van der Waals surface area contributed by atoms with Crippen LogP contribution in [0.25, 0.3) is 10.2 Å². The zero-order valence-electron chi connectivity index (χ0n) is 7.64. The highest BCUT2D eigenvalue weighted by Crippen LogP contribution is 2.31. The predicted octanol–water partition coefficient (Wildman–Crippen LogP) is 1.58. The van der Waals surface area contributed by atoms with Crippen LogP contribution in [0, 0.1) is 0 Å². The van der Waals surface area contributed by atoms with Crippen LogP contribution in [-0.4, -0.2) is 21.8 Å². The van der Waals surface area contributed by atoms with Gasteiger partial charge in [0.15, 0.2) is 4.34 Å². The number of phenols is 1. The summed E-state index contributed by atoms with van der Waals surface area (Å²) >= 11 is 2.75. The number of phenolic OH excluding ortho intramolecular Hbond substituents is 1. The summed E-state index contributed by atoms with van der Waals surface area (Å²) in [5, 5.41) is 9.26. The van der Waals surface area contributed by atoms with Crippen LogP contribution in [0.4, 0.5) is 0 Å². The van der Waals surface area contributed by atoms with Crippen LogP contribution in [0.3, 0.4) is 0 Å². The van der Waals surface area contributed by atoms with E-state index < -0.39 is 0 Å². The highest BCUT2D eigenvalue weighted by molar-refractivity contribution is 8.01. The van der Waals surface area contributed by atoms with Crippen LogP contribution in [0.15, 0.2) is 22.5 Å². The summed E-state index contributed by atoms with van der Waals surface area (Å²) in [5.74, 6) is 0.0888. The third-order valence-corrected chi connectivity index (χ3v) is 3.87. The molecule has 0 saturated carbocycles. The highest BCUT2D eigenvalue weighted by atomic mass is 32.2. The first-order valence-electron chi connectivity index (χ1n) is 4.16. The summed E-state index contributed by atoms with van der Waals surface area (Å²) < 4.78 is 1.69. The number of fused-ring (bicyclic) bond motifs is 1. The van der Waals surface area contributed by atoms with E-state index in [1.165, 1.54) is 23.1 Å². The summed E-state index contributed by atoms with van der Waals surface area (Å²) in [7, 11) is 0. The number of primary amides is 1. The average molecular weight is 240 g/mol. The Balaban J connectivity index is 2.27. The first-order valence-corrected chi connectivity index (χ1v) is 5.96.